The number of hydrogen-bond donors (Lipinski definition) is 0. The van der Waals surface area contributed by atoms with E-state index in [0.29, 0.717) is 11.6 Å². The minimum Gasteiger partial charge on any atom is -0.161 e. The molecule has 0 atom stereocenters. The smallest absolute Gasteiger partial charge is 0.0375 e. The molecule has 0 aliphatic carbocycles. The second-order valence-corrected chi connectivity index (χ2v) is 2.67. The lowest BCUT2D eigenvalue weighted by atomic mass is 10.1. The van der Waals surface area contributed by atoms with Gasteiger partial charge in [0.25, 0.3) is 0 Å². The molecule has 0 saturated carbocycles. The molecule has 0 aromatic rings. The van der Waals surface area contributed by atoms with Gasteiger partial charge in [0, 0.05) is 5.71 Å². The van der Waals surface area contributed by atoms with Gasteiger partial charge in [-0.05, 0) is 25.7 Å². The molecule has 0 aliphatic rings. The van der Waals surface area contributed by atoms with Crippen molar-refractivity contribution in [2.45, 2.75) is 33.6 Å². The third-order valence-corrected chi connectivity index (χ3v) is 1.08. The summed E-state index contributed by atoms with van der Waals surface area (Å²) in [4.78, 5) is 0. The minimum atomic E-state index is 0.554. The first-order valence-corrected chi connectivity index (χ1v) is 3.14. The number of hydrogen-bond acceptors (Lipinski definition) is 0. The first-order valence-electron chi connectivity index (χ1n) is 3.14. The van der Waals surface area contributed by atoms with Gasteiger partial charge in [-0.2, -0.15) is 5.41 Å². The quantitative estimate of drug-likeness (QED) is 0.496. The largest absolute Gasteiger partial charge is 0.161 e. The van der Waals surface area contributed by atoms with Crippen LogP contribution in [-0.2, 0) is 0 Å². The maximum atomic E-state index is 8.72. The molecule has 1 nitrogen and oxygen atoms in total. The SMILES string of the molecule is CC(=[N])CCC(C)C. The second kappa shape index (κ2) is 3.65. The van der Waals surface area contributed by atoms with Crippen LogP contribution in [0.5, 0.6) is 0 Å². The molecule has 1 heteroatoms. The van der Waals surface area contributed by atoms with Crippen LogP contribution < -0.4 is 5.41 Å². The molecule has 0 unspecified atom stereocenters. The zero-order valence-electron chi connectivity index (χ0n) is 5.94. The molecular weight excluding hydrogens is 98.1 g/mol. The van der Waals surface area contributed by atoms with Crippen molar-refractivity contribution in [2.24, 2.45) is 5.92 Å². The Morgan fingerprint density at radius 1 is 1.50 bits per heavy atom. The Morgan fingerprint density at radius 2 is 2.00 bits per heavy atom. The van der Waals surface area contributed by atoms with Gasteiger partial charge >= 0.3 is 0 Å². The highest BCUT2D eigenvalue weighted by Crippen LogP contribution is 2.02. The molecular formula is C7H14N. The molecule has 1 radical (unpaired) electrons. The molecule has 0 amide bonds. The fourth-order valence-corrected chi connectivity index (χ4v) is 0.498. The Balaban J connectivity index is 3.05. The van der Waals surface area contributed by atoms with E-state index in [1.165, 1.54) is 0 Å². The summed E-state index contributed by atoms with van der Waals surface area (Å²) in [6.45, 7) is 6.06. The van der Waals surface area contributed by atoms with Crippen molar-refractivity contribution >= 4 is 5.71 Å². The Hall–Kier alpha value is -0.330. The lowest BCUT2D eigenvalue weighted by molar-refractivity contribution is 0.603. The topological polar surface area (TPSA) is 22.3 Å². The summed E-state index contributed by atoms with van der Waals surface area (Å²) in [5.41, 5.74) is 0.554. The lowest BCUT2D eigenvalue weighted by Crippen LogP contribution is -1.95. The predicted octanol–water partition coefficient (Wildman–Crippen LogP) is 1.68. The van der Waals surface area contributed by atoms with Gasteiger partial charge in [0.05, 0.1) is 0 Å². The van der Waals surface area contributed by atoms with Crippen molar-refractivity contribution in [1.29, 1.82) is 0 Å². The van der Waals surface area contributed by atoms with Crippen molar-refractivity contribution in [3.05, 3.63) is 0 Å². The highest BCUT2D eigenvalue weighted by molar-refractivity contribution is 5.79. The summed E-state index contributed by atoms with van der Waals surface area (Å²) >= 11 is 0. The first-order chi connectivity index (χ1) is 3.63. The minimum absolute atomic E-state index is 0.554. The van der Waals surface area contributed by atoms with Gasteiger partial charge in [-0.1, -0.05) is 13.8 Å². The zero-order valence-corrected chi connectivity index (χ0v) is 5.94. The highest BCUT2D eigenvalue weighted by Gasteiger charge is 1.93. The van der Waals surface area contributed by atoms with E-state index in [2.05, 4.69) is 13.8 Å². The molecule has 0 saturated heterocycles. The van der Waals surface area contributed by atoms with Gasteiger partial charge in [-0.3, -0.25) is 0 Å². The molecule has 0 heterocycles. The van der Waals surface area contributed by atoms with Crippen LogP contribution in [0.3, 0.4) is 0 Å². The van der Waals surface area contributed by atoms with Gasteiger partial charge in [-0.15, -0.1) is 0 Å². The molecule has 0 bridgehead atoms. The summed E-state index contributed by atoms with van der Waals surface area (Å²) in [6, 6.07) is 0. The fraction of sp³-hybridized carbons (Fsp3) is 0.857. The van der Waals surface area contributed by atoms with Crippen LogP contribution in [0.4, 0.5) is 0 Å². The van der Waals surface area contributed by atoms with E-state index in [1.807, 2.05) is 0 Å². The van der Waals surface area contributed by atoms with E-state index in [0.717, 1.165) is 12.8 Å². The van der Waals surface area contributed by atoms with Crippen molar-refractivity contribution in [1.82, 2.24) is 5.41 Å². The van der Waals surface area contributed by atoms with Gasteiger partial charge < -0.3 is 0 Å². The lowest BCUT2D eigenvalue weighted by Gasteiger charge is -1.99. The molecule has 47 valence electrons. The molecule has 8 heavy (non-hydrogen) atoms. The molecule has 0 fully saturated rings. The molecule has 0 aromatic heterocycles. The molecule has 0 aliphatic heterocycles. The maximum Gasteiger partial charge on any atom is 0.0375 e. The molecule has 0 N–H and O–H groups in total. The van der Waals surface area contributed by atoms with Gasteiger partial charge in [0.2, 0.25) is 0 Å². The Kier molecular flexibility index (Phi) is 3.49. The van der Waals surface area contributed by atoms with Crippen molar-refractivity contribution < 1.29 is 0 Å². The Labute approximate surface area is 51.6 Å². The standard InChI is InChI=1S/C7H14N/c1-6(2)4-5-7(3)8/h6H,4-5H2,1-3H3. The summed E-state index contributed by atoms with van der Waals surface area (Å²) in [5.74, 6) is 0.706. The summed E-state index contributed by atoms with van der Waals surface area (Å²) in [6.07, 6.45) is 1.96. The molecule has 0 rings (SSSR count). The maximum absolute atomic E-state index is 8.72. The van der Waals surface area contributed by atoms with Crippen LogP contribution in [0.1, 0.15) is 33.6 Å². The Bertz CT molecular complexity index is 74.5. The molecule has 0 spiro atoms. The third kappa shape index (κ3) is 5.67. The van der Waals surface area contributed by atoms with Gasteiger partial charge in [0.15, 0.2) is 0 Å². The fourth-order valence-electron chi connectivity index (χ4n) is 0.498. The van der Waals surface area contributed by atoms with Crippen LogP contribution in [0, 0.1) is 5.92 Å². The van der Waals surface area contributed by atoms with Crippen LogP contribution in [-0.4, -0.2) is 5.71 Å². The van der Waals surface area contributed by atoms with Crippen LogP contribution in [0.25, 0.3) is 0 Å². The van der Waals surface area contributed by atoms with Crippen molar-refractivity contribution in [2.75, 3.05) is 0 Å². The van der Waals surface area contributed by atoms with Gasteiger partial charge in [0.1, 0.15) is 0 Å². The predicted molar refractivity (Wildman–Crippen MR) is 36.9 cm³/mol. The monoisotopic (exact) mass is 112 g/mol. The number of rotatable bonds is 3. The summed E-state index contributed by atoms with van der Waals surface area (Å²) in [5, 5.41) is 8.72. The van der Waals surface area contributed by atoms with E-state index in [4.69, 9.17) is 5.41 Å². The van der Waals surface area contributed by atoms with E-state index in [9.17, 15) is 0 Å². The van der Waals surface area contributed by atoms with Gasteiger partial charge in [-0.25, -0.2) is 0 Å². The summed E-state index contributed by atoms with van der Waals surface area (Å²) in [7, 11) is 0. The van der Waals surface area contributed by atoms with Crippen LogP contribution in [0.2, 0.25) is 0 Å². The summed E-state index contributed by atoms with van der Waals surface area (Å²) < 4.78 is 0. The zero-order chi connectivity index (χ0) is 6.57. The van der Waals surface area contributed by atoms with Crippen molar-refractivity contribution in [3.63, 3.8) is 0 Å². The van der Waals surface area contributed by atoms with Crippen LogP contribution in [0.15, 0.2) is 0 Å². The first kappa shape index (κ1) is 7.67. The third-order valence-electron chi connectivity index (χ3n) is 1.08. The molecule has 0 aromatic carbocycles. The average molecular weight is 112 g/mol. The van der Waals surface area contributed by atoms with E-state index in [-0.39, 0.29) is 0 Å². The average Bonchev–Trinajstić information content (AvgIpc) is 1.61. The van der Waals surface area contributed by atoms with E-state index < -0.39 is 0 Å². The highest BCUT2D eigenvalue weighted by atomic mass is 14.4. The van der Waals surface area contributed by atoms with Crippen molar-refractivity contribution in [3.8, 4) is 0 Å². The number of nitrogens with zero attached hydrogens (tertiary/aromatic N) is 1. The normalized spacial score (nSPS) is 10.0. The van der Waals surface area contributed by atoms with E-state index in [1.54, 1.807) is 6.92 Å². The Morgan fingerprint density at radius 3 is 2.12 bits per heavy atom. The van der Waals surface area contributed by atoms with Crippen LogP contribution >= 0.6 is 0 Å². The van der Waals surface area contributed by atoms with E-state index >= 15 is 0 Å². The second-order valence-electron chi connectivity index (χ2n) is 2.67.